The number of amides is 2. The fraction of sp³-hybridized carbons (Fsp3) is 0.350. The lowest BCUT2D eigenvalue weighted by atomic mass is 9.74. The number of urea groups is 1. The molecule has 1 aliphatic heterocycles. The molecule has 1 atom stereocenters. The maximum absolute atomic E-state index is 12.8. The summed E-state index contributed by atoms with van der Waals surface area (Å²) in [6.45, 7) is 5.53. The monoisotopic (exact) mass is 364 g/mol. The predicted octanol–water partition coefficient (Wildman–Crippen LogP) is 2.90. The Hall–Kier alpha value is -3.09. The molecule has 3 aromatic rings. The molecule has 27 heavy (non-hydrogen) atoms. The van der Waals surface area contributed by atoms with Crippen LogP contribution in [0, 0.1) is 5.41 Å². The Bertz CT molecular complexity index is 943. The minimum atomic E-state index is -0.0599. The molecule has 4 rings (SSSR count). The van der Waals surface area contributed by atoms with Gasteiger partial charge in [-0.2, -0.15) is 0 Å². The number of rotatable bonds is 4. The standard InChI is InChI=1S/C20H24N6O/c1-20(2)13-26(17(20)18-22-8-9-24(18)3)19(27)23-12-15-5-4-6-16(11-15)25-10-7-21-14-25/h4-11,14,17H,12-13H2,1-3H3,(H,23,27). The average molecular weight is 364 g/mol. The smallest absolute Gasteiger partial charge is 0.318 e. The summed E-state index contributed by atoms with van der Waals surface area (Å²) in [5.74, 6) is 0.920. The molecule has 1 unspecified atom stereocenters. The second-order valence-electron chi connectivity index (χ2n) is 7.71. The van der Waals surface area contributed by atoms with Crippen molar-refractivity contribution in [2.75, 3.05) is 6.54 Å². The highest BCUT2D eigenvalue weighted by molar-refractivity contribution is 5.76. The van der Waals surface area contributed by atoms with Crippen molar-refractivity contribution in [2.45, 2.75) is 26.4 Å². The number of hydrogen-bond donors (Lipinski definition) is 1. The van der Waals surface area contributed by atoms with Crippen LogP contribution >= 0.6 is 0 Å². The molecule has 140 valence electrons. The van der Waals surface area contributed by atoms with Crippen molar-refractivity contribution >= 4 is 6.03 Å². The van der Waals surface area contributed by atoms with Crippen molar-refractivity contribution in [3.63, 3.8) is 0 Å². The van der Waals surface area contributed by atoms with Crippen molar-refractivity contribution in [2.24, 2.45) is 12.5 Å². The molecule has 0 radical (unpaired) electrons. The van der Waals surface area contributed by atoms with Crippen LogP contribution in [0.4, 0.5) is 4.79 Å². The maximum Gasteiger partial charge on any atom is 0.318 e. The van der Waals surface area contributed by atoms with Crippen LogP contribution in [0.25, 0.3) is 5.69 Å². The summed E-state index contributed by atoms with van der Waals surface area (Å²) in [7, 11) is 1.97. The molecule has 1 aliphatic rings. The Morgan fingerprint density at radius 1 is 1.30 bits per heavy atom. The highest BCUT2D eigenvalue weighted by atomic mass is 16.2. The summed E-state index contributed by atoms with van der Waals surface area (Å²) >= 11 is 0. The molecule has 1 N–H and O–H groups in total. The molecular weight excluding hydrogens is 340 g/mol. The van der Waals surface area contributed by atoms with Crippen LogP contribution in [0.1, 0.15) is 31.3 Å². The van der Waals surface area contributed by atoms with E-state index in [0.717, 1.165) is 17.1 Å². The first-order valence-corrected chi connectivity index (χ1v) is 9.05. The van der Waals surface area contributed by atoms with Crippen molar-refractivity contribution in [1.82, 2.24) is 29.3 Å². The van der Waals surface area contributed by atoms with Gasteiger partial charge in [-0.05, 0) is 17.7 Å². The summed E-state index contributed by atoms with van der Waals surface area (Å²) in [6, 6.07) is 7.99. The van der Waals surface area contributed by atoms with Gasteiger partial charge in [-0.25, -0.2) is 14.8 Å². The zero-order valence-corrected chi connectivity index (χ0v) is 15.8. The molecule has 0 aliphatic carbocycles. The van der Waals surface area contributed by atoms with Crippen LogP contribution in [0.15, 0.2) is 55.4 Å². The van der Waals surface area contributed by atoms with Gasteiger partial charge in [-0.1, -0.05) is 26.0 Å². The van der Waals surface area contributed by atoms with Crippen molar-refractivity contribution < 1.29 is 4.79 Å². The molecule has 1 saturated heterocycles. The van der Waals surface area contributed by atoms with Crippen molar-refractivity contribution in [3.05, 3.63) is 66.8 Å². The van der Waals surface area contributed by atoms with Crippen molar-refractivity contribution in [3.8, 4) is 5.69 Å². The van der Waals surface area contributed by atoms with E-state index < -0.39 is 0 Å². The highest BCUT2D eigenvalue weighted by Gasteiger charge is 2.50. The summed E-state index contributed by atoms with van der Waals surface area (Å²) in [6.07, 6.45) is 9.11. The first-order valence-electron chi connectivity index (χ1n) is 9.05. The minimum Gasteiger partial charge on any atom is -0.336 e. The van der Waals surface area contributed by atoms with Gasteiger partial charge in [0.25, 0.3) is 0 Å². The molecule has 2 aromatic heterocycles. The van der Waals surface area contributed by atoms with Gasteiger partial charge in [0.1, 0.15) is 5.82 Å². The van der Waals surface area contributed by atoms with E-state index in [2.05, 4.69) is 35.2 Å². The SMILES string of the molecule is Cn1ccnc1C1N(C(=O)NCc2cccc(-n3ccnc3)c2)CC1(C)C. The van der Waals surface area contributed by atoms with E-state index in [9.17, 15) is 4.79 Å². The van der Waals surface area contributed by atoms with Crippen LogP contribution < -0.4 is 5.32 Å². The predicted molar refractivity (Wildman–Crippen MR) is 102 cm³/mol. The normalized spacial score (nSPS) is 18.2. The number of imidazole rings is 2. The Labute approximate surface area is 158 Å². The van der Waals surface area contributed by atoms with Crippen LogP contribution in [-0.2, 0) is 13.6 Å². The second-order valence-corrected chi connectivity index (χ2v) is 7.71. The third kappa shape index (κ3) is 3.20. The summed E-state index contributed by atoms with van der Waals surface area (Å²) in [5, 5.41) is 3.05. The molecule has 7 nitrogen and oxygen atoms in total. The molecule has 7 heteroatoms. The van der Waals surface area contributed by atoms with E-state index in [1.165, 1.54) is 0 Å². The molecule has 1 aromatic carbocycles. The van der Waals surface area contributed by atoms with Crippen molar-refractivity contribution in [1.29, 1.82) is 0 Å². The van der Waals surface area contributed by atoms with Gasteiger partial charge in [0, 0.05) is 56.0 Å². The van der Waals surface area contributed by atoms with E-state index >= 15 is 0 Å². The Morgan fingerprint density at radius 2 is 2.15 bits per heavy atom. The number of likely N-dealkylation sites (tertiary alicyclic amines) is 1. The molecule has 2 amide bonds. The van der Waals surface area contributed by atoms with E-state index in [0.29, 0.717) is 13.1 Å². The number of aromatic nitrogens is 4. The number of nitrogens with one attached hydrogen (secondary N) is 1. The largest absolute Gasteiger partial charge is 0.336 e. The fourth-order valence-electron chi connectivity index (χ4n) is 3.76. The van der Waals surface area contributed by atoms with Crippen LogP contribution in [0.2, 0.25) is 0 Å². The van der Waals surface area contributed by atoms with Crippen LogP contribution in [-0.4, -0.2) is 36.6 Å². The van der Waals surface area contributed by atoms with E-state index in [4.69, 9.17) is 0 Å². The molecule has 1 fully saturated rings. The molecule has 0 saturated carbocycles. The number of benzene rings is 1. The quantitative estimate of drug-likeness (QED) is 0.774. The maximum atomic E-state index is 12.8. The van der Waals surface area contributed by atoms with Crippen LogP contribution in [0.5, 0.6) is 0 Å². The molecule has 0 bridgehead atoms. The zero-order valence-electron chi connectivity index (χ0n) is 15.8. The number of aryl methyl sites for hydroxylation is 1. The molecular formula is C20H24N6O. The second kappa shape index (κ2) is 6.57. The first kappa shape index (κ1) is 17.3. The van der Waals surface area contributed by atoms with Gasteiger partial charge in [0.15, 0.2) is 0 Å². The lowest BCUT2D eigenvalue weighted by molar-refractivity contribution is -0.0230. The number of carbonyl (C=O) groups excluding carboxylic acids is 1. The summed E-state index contributed by atoms with van der Waals surface area (Å²) in [5.41, 5.74) is 2.08. The van der Waals surface area contributed by atoms with Gasteiger partial charge >= 0.3 is 6.03 Å². The average Bonchev–Trinajstić information content (AvgIpc) is 3.31. The van der Waals surface area contributed by atoms with Gasteiger partial charge in [-0.3, -0.25) is 0 Å². The van der Waals surface area contributed by atoms with Gasteiger partial charge in [0.05, 0.1) is 12.4 Å². The minimum absolute atomic E-state index is 0.0117. The first-order chi connectivity index (χ1) is 13.0. The van der Waals surface area contributed by atoms with Gasteiger partial charge in [0.2, 0.25) is 0 Å². The van der Waals surface area contributed by atoms with E-state index in [1.807, 2.05) is 51.7 Å². The lowest BCUT2D eigenvalue weighted by Crippen LogP contribution is -2.60. The third-order valence-corrected chi connectivity index (χ3v) is 5.15. The number of nitrogens with zero attached hydrogens (tertiary/aromatic N) is 5. The zero-order chi connectivity index (χ0) is 19.0. The topological polar surface area (TPSA) is 68.0 Å². The van der Waals surface area contributed by atoms with Crippen LogP contribution in [0.3, 0.4) is 0 Å². The molecule has 3 heterocycles. The van der Waals surface area contributed by atoms with E-state index in [-0.39, 0.29) is 17.5 Å². The summed E-state index contributed by atoms with van der Waals surface area (Å²) in [4.78, 5) is 23.2. The van der Waals surface area contributed by atoms with E-state index in [1.54, 1.807) is 18.7 Å². The molecule has 0 spiro atoms. The third-order valence-electron chi connectivity index (χ3n) is 5.15. The Kier molecular flexibility index (Phi) is 4.22. The lowest BCUT2D eigenvalue weighted by Gasteiger charge is -2.53. The Morgan fingerprint density at radius 3 is 2.81 bits per heavy atom. The fourth-order valence-corrected chi connectivity index (χ4v) is 3.76. The van der Waals surface area contributed by atoms with Gasteiger partial charge < -0.3 is 19.4 Å². The summed E-state index contributed by atoms with van der Waals surface area (Å²) < 4.78 is 3.93. The van der Waals surface area contributed by atoms with Gasteiger partial charge in [-0.15, -0.1) is 0 Å². The number of hydrogen-bond acceptors (Lipinski definition) is 3. The number of carbonyl (C=O) groups is 1. The Balaban J connectivity index is 1.44. The highest BCUT2D eigenvalue weighted by Crippen LogP contribution is 2.47.